The minimum Gasteiger partial charge on any atom is -0.456 e. The van der Waals surface area contributed by atoms with Gasteiger partial charge in [-0.1, -0.05) is 208 Å². The summed E-state index contributed by atoms with van der Waals surface area (Å²) in [6, 6.07) is 94.9. The average molecular weight is 1020 g/mol. The van der Waals surface area contributed by atoms with Gasteiger partial charge in [0.05, 0.1) is 5.41 Å². The van der Waals surface area contributed by atoms with E-state index in [2.05, 4.69) is 267 Å². The quantitative estimate of drug-likeness (QED) is 0.160. The molecule has 4 nitrogen and oxygen atoms in total. The summed E-state index contributed by atoms with van der Waals surface area (Å²) in [6.45, 7) is 4.70. The number of anilines is 3. The molecule has 0 saturated carbocycles. The number of furan rings is 3. The third-order valence-electron chi connectivity index (χ3n) is 17.8. The van der Waals surface area contributed by atoms with E-state index in [4.69, 9.17) is 13.3 Å². The summed E-state index contributed by atoms with van der Waals surface area (Å²) in [5.41, 5.74) is 24.3. The lowest BCUT2D eigenvalue weighted by molar-refractivity contribution is 0.660. The van der Waals surface area contributed by atoms with Crippen LogP contribution < -0.4 is 4.90 Å². The maximum Gasteiger partial charge on any atom is 0.144 e. The van der Waals surface area contributed by atoms with Crippen molar-refractivity contribution >= 4 is 82.9 Å². The Bertz CT molecular complexity index is 5000. The Morgan fingerprint density at radius 3 is 1.61 bits per heavy atom. The molecule has 0 saturated heterocycles. The summed E-state index contributed by atoms with van der Waals surface area (Å²) in [6.07, 6.45) is 0. The van der Waals surface area contributed by atoms with Crippen molar-refractivity contribution < 1.29 is 13.3 Å². The van der Waals surface area contributed by atoms with Gasteiger partial charge in [-0.25, -0.2) is 0 Å². The minimum absolute atomic E-state index is 0.190. The van der Waals surface area contributed by atoms with Crippen molar-refractivity contribution in [1.29, 1.82) is 0 Å². The van der Waals surface area contributed by atoms with E-state index in [1.54, 1.807) is 0 Å². The van der Waals surface area contributed by atoms with Gasteiger partial charge in [0.25, 0.3) is 0 Å². The average Bonchev–Trinajstić information content (AvgIpc) is 4.04. The zero-order chi connectivity index (χ0) is 52.8. The lowest BCUT2D eigenvalue weighted by atomic mass is 9.67. The van der Waals surface area contributed by atoms with Crippen LogP contribution in [0.15, 0.2) is 274 Å². The summed E-state index contributed by atoms with van der Waals surface area (Å²) in [5, 5.41) is 6.32. The van der Waals surface area contributed by atoms with Crippen LogP contribution in [0.25, 0.3) is 110 Å². The number of fused-ring (bicyclic) bond motifs is 15. The lowest BCUT2D eigenvalue weighted by Crippen LogP contribution is -2.28. The van der Waals surface area contributed by atoms with Crippen molar-refractivity contribution in [2.75, 3.05) is 4.90 Å². The molecule has 2 aliphatic carbocycles. The second-order valence-electron chi connectivity index (χ2n) is 22.2. The largest absolute Gasteiger partial charge is 0.456 e. The predicted molar refractivity (Wildman–Crippen MR) is 329 cm³/mol. The number of hydrogen-bond donors (Lipinski definition) is 0. The highest BCUT2D eigenvalue weighted by atomic mass is 16.3. The molecule has 17 rings (SSSR count). The molecule has 3 aromatic heterocycles. The molecule has 12 aromatic carbocycles. The van der Waals surface area contributed by atoms with Gasteiger partial charge in [0.15, 0.2) is 0 Å². The van der Waals surface area contributed by atoms with E-state index in [0.29, 0.717) is 0 Å². The molecule has 0 spiro atoms. The van der Waals surface area contributed by atoms with E-state index in [1.807, 2.05) is 12.1 Å². The van der Waals surface area contributed by atoms with Crippen LogP contribution in [0.1, 0.15) is 47.2 Å². The molecule has 0 radical (unpaired) electrons. The van der Waals surface area contributed by atoms with Gasteiger partial charge in [-0.05, 0) is 133 Å². The molecule has 376 valence electrons. The highest BCUT2D eigenvalue weighted by Gasteiger charge is 2.46. The molecule has 4 heteroatoms. The fourth-order valence-electron chi connectivity index (χ4n) is 14.2. The van der Waals surface area contributed by atoms with Crippen molar-refractivity contribution in [2.45, 2.75) is 24.7 Å². The Morgan fingerprint density at radius 1 is 0.300 bits per heavy atom. The van der Waals surface area contributed by atoms with E-state index in [0.717, 1.165) is 105 Å². The molecule has 3 heterocycles. The summed E-state index contributed by atoms with van der Waals surface area (Å²) >= 11 is 0. The number of rotatable bonds is 7. The molecule has 0 unspecified atom stereocenters. The highest BCUT2D eigenvalue weighted by molar-refractivity contribution is 6.24. The van der Waals surface area contributed by atoms with Gasteiger partial charge >= 0.3 is 0 Å². The number of benzene rings is 12. The SMILES string of the molecule is CC1(C)c2ccccc2-c2ccc(N(c3ccc(-c4cccc5c4oc4ccccc45)cc3)c3ccc4oc5c(-c6ccc7c(c6)C(c6ccccc6)(c6ccccc6)c6ccccc6-7)c6c(cc5c4c3)oc3ccccc36)cc21. The molecule has 0 aliphatic heterocycles. The number of hydrogen-bond acceptors (Lipinski definition) is 4. The first kappa shape index (κ1) is 44.9. The van der Waals surface area contributed by atoms with E-state index in [1.165, 1.54) is 55.6 Å². The second-order valence-corrected chi connectivity index (χ2v) is 22.2. The zero-order valence-corrected chi connectivity index (χ0v) is 44.0. The van der Waals surface area contributed by atoms with Crippen LogP contribution in [0.4, 0.5) is 17.1 Å². The molecular weight excluding hydrogens is 975 g/mol. The van der Waals surface area contributed by atoms with Crippen LogP contribution in [0.2, 0.25) is 0 Å². The smallest absolute Gasteiger partial charge is 0.144 e. The Morgan fingerprint density at radius 2 is 0.838 bits per heavy atom. The van der Waals surface area contributed by atoms with Gasteiger partial charge in [0.2, 0.25) is 0 Å². The van der Waals surface area contributed by atoms with Crippen molar-refractivity contribution in [1.82, 2.24) is 0 Å². The second kappa shape index (κ2) is 16.7. The van der Waals surface area contributed by atoms with Crippen molar-refractivity contribution in [3.05, 3.63) is 294 Å². The third-order valence-corrected chi connectivity index (χ3v) is 17.8. The van der Waals surface area contributed by atoms with E-state index < -0.39 is 5.41 Å². The Kier molecular flexibility index (Phi) is 9.36. The fraction of sp³-hybridized carbons (Fsp3) is 0.0526. The molecule has 0 bridgehead atoms. The summed E-state index contributed by atoms with van der Waals surface area (Å²) < 4.78 is 20.7. The normalized spacial score (nSPS) is 13.8. The van der Waals surface area contributed by atoms with Crippen molar-refractivity contribution in [3.63, 3.8) is 0 Å². The topological polar surface area (TPSA) is 42.7 Å². The Balaban J connectivity index is 0.881. The number of nitrogens with zero attached hydrogens (tertiary/aromatic N) is 1. The summed E-state index contributed by atoms with van der Waals surface area (Å²) in [7, 11) is 0. The van der Waals surface area contributed by atoms with Crippen LogP contribution in [-0.2, 0) is 10.8 Å². The van der Waals surface area contributed by atoms with Gasteiger partial charge in [-0.15, -0.1) is 0 Å². The zero-order valence-electron chi connectivity index (χ0n) is 44.0. The fourth-order valence-corrected chi connectivity index (χ4v) is 14.2. The van der Waals surface area contributed by atoms with Crippen LogP contribution in [-0.4, -0.2) is 0 Å². The monoisotopic (exact) mass is 1020 g/mol. The van der Waals surface area contributed by atoms with E-state index in [9.17, 15) is 0 Å². The van der Waals surface area contributed by atoms with Crippen molar-refractivity contribution in [2.24, 2.45) is 0 Å². The van der Waals surface area contributed by atoms with Crippen LogP contribution in [0.5, 0.6) is 0 Å². The van der Waals surface area contributed by atoms with Gasteiger partial charge < -0.3 is 18.2 Å². The molecule has 80 heavy (non-hydrogen) atoms. The van der Waals surface area contributed by atoms with Crippen molar-refractivity contribution in [3.8, 4) is 44.5 Å². The third kappa shape index (κ3) is 6.21. The maximum atomic E-state index is 7.29. The molecule has 0 fully saturated rings. The molecule has 15 aromatic rings. The van der Waals surface area contributed by atoms with Crippen LogP contribution in [0.3, 0.4) is 0 Å². The van der Waals surface area contributed by atoms with Gasteiger partial charge in [0, 0.05) is 65.9 Å². The first-order valence-electron chi connectivity index (χ1n) is 27.6. The van der Waals surface area contributed by atoms with Gasteiger partial charge in [0.1, 0.15) is 33.5 Å². The summed E-state index contributed by atoms with van der Waals surface area (Å²) in [5.74, 6) is 0. The molecule has 0 amide bonds. The molecular formula is C76H49NO3. The first-order valence-corrected chi connectivity index (χ1v) is 27.6. The van der Waals surface area contributed by atoms with E-state index >= 15 is 0 Å². The van der Waals surface area contributed by atoms with E-state index in [-0.39, 0.29) is 5.41 Å². The molecule has 0 N–H and O–H groups in total. The van der Waals surface area contributed by atoms with Crippen LogP contribution >= 0.6 is 0 Å². The minimum atomic E-state index is -0.573. The van der Waals surface area contributed by atoms with Gasteiger partial charge in [-0.3, -0.25) is 0 Å². The predicted octanol–water partition coefficient (Wildman–Crippen LogP) is 20.9. The number of para-hydroxylation sites is 3. The Hall–Kier alpha value is -10.2. The molecule has 0 atom stereocenters. The lowest BCUT2D eigenvalue weighted by Gasteiger charge is -2.34. The van der Waals surface area contributed by atoms with Gasteiger partial charge in [-0.2, -0.15) is 0 Å². The highest BCUT2D eigenvalue weighted by Crippen LogP contribution is 2.58. The first-order chi connectivity index (χ1) is 39.4. The maximum absolute atomic E-state index is 7.29. The Labute approximate surface area is 462 Å². The standard InChI is InChI=1S/C76H49NO3/c1-75(2)63-28-13-9-22-54(63)56-40-37-52(44-65(56)75)77(50-35-32-46(33-36-50)53-26-17-27-59-58-24-11-15-30-67(58)79-73(53)59)51-38-41-69-61(43-51)62-45-70-72(60-25-12-16-31-68(60)78-70)71(74(62)80-69)47-34-39-57-55-23-10-14-29-64(55)76(66(57)42-47,48-18-5-3-6-19-48)49-20-7-4-8-21-49/h3-45H,1-2H3. The van der Waals surface area contributed by atoms with Crippen LogP contribution in [0, 0.1) is 0 Å². The summed E-state index contributed by atoms with van der Waals surface area (Å²) in [4.78, 5) is 2.40. The molecule has 2 aliphatic rings.